The predicted molar refractivity (Wildman–Crippen MR) is 104 cm³/mol. The number of hydrogen-bond donors (Lipinski definition) is 0. The molecular formula is C19H11FN4O3S. The number of hydrogen-bond acceptors (Lipinski definition) is 6. The summed E-state index contributed by atoms with van der Waals surface area (Å²) in [5, 5.41) is 15.0. The summed E-state index contributed by atoms with van der Waals surface area (Å²) < 4.78 is 14.5. The van der Waals surface area contributed by atoms with Crippen molar-refractivity contribution in [3.8, 4) is 0 Å². The second kappa shape index (κ2) is 7.12. The molecule has 0 atom stereocenters. The zero-order valence-electron chi connectivity index (χ0n) is 14.2. The van der Waals surface area contributed by atoms with Crippen LogP contribution in [-0.4, -0.2) is 19.5 Å². The average Bonchev–Trinajstić information content (AvgIpc) is 3.21. The Morgan fingerprint density at radius 3 is 2.61 bits per heavy atom. The van der Waals surface area contributed by atoms with E-state index in [2.05, 4.69) is 10.1 Å². The van der Waals surface area contributed by atoms with Gasteiger partial charge in [-0.05, 0) is 35.4 Å². The van der Waals surface area contributed by atoms with Gasteiger partial charge in [0.05, 0.1) is 9.46 Å². The number of halogens is 1. The topological polar surface area (TPSA) is 90.4 Å². The quantitative estimate of drug-likeness (QED) is 0.392. The summed E-state index contributed by atoms with van der Waals surface area (Å²) in [4.78, 5) is 27.6. The van der Waals surface area contributed by atoms with E-state index in [0.717, 1.165) is 16.9 Å². The summed E-state index contributed by atoms with van der Waals surface area (Å²) >= 11 is 1.15. The van der Waals surface area contributed by atoms with Crippen molar-refractivity contribution in [3.05, 3.63) is 96.3 Å². The number of aromatic nitrogens is 3. The van der Waals surface area contributed by atoms with Gasteiger partial charge in [-0.1, -0.05) is 41.7 Å². The van der Waals surface area contributed by atoms with Crippen LogP contribution in [0, 0.1) is 15.9 Å². The zero-order valence-corrected chi connectivity index (χ0v) is 15.0. The second-order valence-corrected chi connectivity index (χ2v) is 6.83. The number of nitro groups is 1. The molecule has 2 aromatic heterocycles. The summed E-state index contributed by atoms with van der Waals surface area (Å²) in [5.74, 6) is 0.0379. The maximum atomic E-state index is 12.9. The molecule has 0 fully saturated rings. The van der Waals surface area contributed by atoms with E-state index in [9.17, 15) is 19.3 Å². The molecule has 0 saturated heterocycles. The van der Waals surface area contributed by atoms with Crippen LogP contribution in [0.1, 0.15) is 17.0 Å². The molecule has 0 saturated carbocycles. The minimum atomic E-state index is -0.488. The smallest absolute Gasteiger partial charge is 0.266 e. The Labute approximate surface area is 160 Å². The van der Waals surface area contributed by atoms with Crippen molar-refractivity contribution in [1.29, 1.82) is 0 Å². The zero-order chi connectivity index (χ0) is 19.7. The maximum Gasteiger partial charge on any atom is 0.291 e. The lowest BCUT2D eigenvalue weighted by atomic mass is 10.2. The molecule has 9 heteroatoms. The lowest BCUT2D eigenvalue weighted by Crippen LogP contribution is -2.23. The Kier molecular flexibility index (Phi) is 4.50. The van der Waals surface area contributed by atoms with Gasteiger partial charge >= 0.3 is 0 Å². The molecule has 0 N–H and O–H groups in total. The highest BCUT2D eigenvalue weighted by molar-refractivity contribution is 7.15. The highest BCUT2D eigenvalue weighted by atomic mass is 32.1. The third-order valence-electron chi connectivity index (χ3n) is 3.87. The van der Waals surface area contributed by atoms with Crippen molar-refractivity contribution in [2.75, 3.05) is 0 Å². The van der Waals surface area contributed by atoms with E-state index in [1.54, 1.807) is 42.5 Å². The van der Waals surface area contributed by atoms with E-state index in [-0.39, 0.29) is 17.1 Å². The Balaban J connectivity index is 1.66. The molecule has 2 heterocycles. The summed E-state index contributed by atoms with van der Waals surface area (Å²) in [6.07, 6.45) is 4.93. The summed E-state index contributed by atoms with van der Waals surface area (Å²) in [7, 11) is 0. The number of rotatable bonds is 4. The molecule has 0 bridgehead atoms. The summed E-state index contributed by atoms with van der Waals surface area (Å²) in [6, 6.07) is 12.0. The molecule has 4 aromatic rings. The number of nitrogens with zero attached hydrogens (tertiary/aromatic N) is 4. The van der Waals surface area contributed by atoms with Crippen LogP contribution >= 0.6 is 11.3 Å². The van der Waals surface area contributed by atoms with E-state index >= 15 is 0 Å². The molecule has 28 heavy (non-hydrogen) atoms. The molecule has 7 nitrogen and oxygen atoms in total. The average molecular weight is 394 g/mol. The third kappa shape index (κ3) is 3.55. The Hall–Kier alpha value is -3.72. The fourth-order valence-corrected chi connectivity index (χ4v) is 3.46. The van der Waals surface area contributed by atoms with Gasteiger partial charge in [0.25, 0.3) is 11.2 Å². The van der Waals surface area contributed by atoms with Crippen LogP contribution in [0.15, 0.2) is 53.3 Å². The van der Waals surface area contributed by atoms with Crippen molar-refractivity contribution >= 4 is 40.2 Å². The monoisotopic (exact) mass is 394 g/mol. The van der Waals surface area contributed by atoms with Gasteiger partial charge < -0.3 is 0 Å². The minimum absolute atomic E-state index is 0.0473. The number of benzene rings is 2. The van der Waals surface area contributed by atoms with Crippen LogP contribution in [0.25, 0.3) is 23.2 Å². The van der Waals surface area contributed by atoms with Gasteiger partial charge in [0.15, 0.2) is 5.82 Å². The Bertz CT molecular complexity index is 1330. The van der Waals surface area contributed by atoms with Crippen LogP contribution in [0.4, 0.5) is 10.1 Å². The van der Waals surface area contributed by atoms with Gasteiger partial charge in [-0.3, -0.25) is 14.9 Å². The Morgan fingerprint density at radius 2 is 1.89 bits per heavy atom. The Morgan fingerprint density at radius 1 is 1.11 bits per heavy atom. The molecule has 0 aliphatic heterocycles. The number of nitro benzene ring substituents is 1. The molecule has 0 spiro atoms. The van der Waals surface area contributed by atoms with E-state index < -0.39 is 4.92 Å². The van der Waals surface area contributed by atoms with Crippen LogP contribution in [0.5, 0.6) is 0 Å². The second-order valence-electron chi connectivity index (χ2n) is 5.82. The first kappa shape index (κ1) is 17.7. The first-order valence-electron chi connectivity index (χ1n) is 8.09. The van der Waals surface area contributed by atoms with Crippen molar-refractivity contribution in [2.45, 2.75) is 0 Å². The molecule has 0 aliphatic rings. The van der Waals surface area contributed by atoms with Gasteiger partial charge in [-0.15, -0.1) is 5.10 Å². The normalized spacial score (nSPS) is 12.2. The van der Waals surface area contributed by atoms with Crippen molar-refractivity contribution in [3.63, 3.8) is 0 Å². The van der Waals surface area contributed by atoms with Gasteiger partial charge in [0.2, 0.25) is 4.96 Å². The standard InChI is InChI=1S/C19H11FN4O3S/c20-14-7-4-12(5-8-14)6-9-17-21-19-23(22-17)18(25)16(28-19)11-13-2-1-3-15(10-13)24(26)27/h1-11H. The number of non-ortho nitro benzene ring substituents is 1. The lowest BCUT2D eigenvalue weighted by molar-refractivity contribution is -0.384. The van der Waals surface area contributed by atoms with Gasteiger partial charge in [0, 0.05) is 12.1 Å². The SMILES string of the molecule is O=c1c(=Cc2cccc([N+](=O)[O-])c2)sc2nc(C=Cc3ccc(F)cc3)nn12. The van der Waals surface area contributed by atoms with Crippen LogP contribution in [0.3, 0.4) is 0 Å². The molecule has 0 amide bonds. The minimum Gasteiger partial charge on any atom is -0.266 e. The van der Waals surface area contributed by atoms with E-state index in [1.807, 2.05) is 0 Å². The lowest BCUT2D eigenvalue weighted by Gasteiger charge is -1.92. The van der Waals surface area contributed by atoms with Crippen molar-refractivity contribution < 1.29 is 9.31 Å². The highest BCUT2D eigenvalue weighted by Gasteiger charge is 2.10. The van der Waals surface area contributed by atoms with E-state index in [0.29, 0.717) is 20.9 Å². The largest absolute Gasteiger partial charge is 0.291 e. The molecule has 0 unspecified atom stereocenters. The first-order valence-corrected chi connectivity index (χ1v) is 8.91. The molecule has 138 valence electrons. The first-order chi connectivity index (χ1) is 13.5. The van der Waals surface area contributed by atoms with E-state index in [4.69, 9.17) is 0 Å². The van der Waals surface area contributed by atoms with Crippen LogP contribution in [0.2, 0.25) is 0 Å². The van der Waals surface area contributed by atoms with Gasteiger partial charge in [-0.25, -0.2) is 4.39 Å². The van der Waals surface area contributed by atoms with Crippen molar-refractivity contribution in [2.24, 2.45) is 0 Å². The van der Waals surface area contributed by atoms with Gasteiger partial charge in [-0.2, -0.15) is 9.50 Å². The van der Waals surface area contributed by atoms with Crippen molar-refractivity contribution in [1.82, 2.24) is 14.6 Å². The molecular weight excluding hydrogens is 383 g/mol. The molecule has 4 rings (SSSR count). The fourth-order valence-electron chi connectivity index (χ4n) is 2.54. The summed E-state index contributed by atoms with van der Waals surface area (Å²) in [5.41, 5.74) is 0.933. The molecule has 0 aliphatic carbocycles. The third-order valence-corrected chi connectivity index (χ3v) is 4.83. The number of thiazole rings is 1. The van der Waals surface area contributed by atoms with E-state index in [1.165, 1.54) is 28.8 Å². The number of fused-ring (bicyclic) bond motifs is 1. The molecule has 0 radical (unpaired) electrons. The summed E-state index contributed by atoms with van der Waals surface area (Å²) in [6.45, 7) is 0. The van der Waals surface area contributed by atoms with Gasteiger partial charge in [0.1, 0.15) is 5.82 Å². The van der Waals surface area contributed by atoms with Crippen LogP contribution < -0.4 is 10.1 Å². The van der Waals surface area contributed by atoms with Crippen LogP contribution in [-0.2, 0) is 0 Å². The maximum absolute atomic E-state index is 12.9. The highest BCUT2D eigenvalue weighted by Crippen LogP contribution is 2.14. The predicted octanol–water partition coefficient (Wildman–Crippen LogP) is 2.92. The molecule has 2 aromatic carbocycles. The fraction of sp³-hybridized carbons (Fsp3) is 0.